The van der Waals surface area contributed by atoms with Crippen molar-refractivity contribution in [3.8, 4) is 5.75 Å². The van der Waals surface area contributed by atoms with Crippen LogP contribution in [0.4, 0.5) is 4.39 Å². The topological polar surface area (TPSA) is 84.5 Å². The third-order valence-electron chi connectivity index (χ3n) is 3.71. The molecule has 27 heavy (non-hydrogen) atoms. The molecular weight excluding hydrogens is 371 g/mol. The molecule has 2 N–H and O–H groups in total. The largest absolute Gasteiger partial charge is 0.494 e. The molecule has 0 saturated heterocycles. The number of amides is 1. The van der Waals surface area contributed by atoms with Gasteiger partial charge in [-0.2, -0.15) is 0 Å². The first-order valence-electron chi connectivity index (χ1n) is 8.64. The second kappa shape index (κ2) is 10.0. The van der Waals surface area contributed by atoms with Gasteiger partial charge in [-0.25, -0.2) is 17.5 Å². The lowest BCUT2D eigenvalue weighted by molar-refractivity contribution is -0.120. The van der Waals surface area contributed by atoms with E-state index in [2.05, 4.69) is 10.0 Å². The fraction of sp³-hybridized carbons (Fsp3) is 0.316. The molecule has 6 nitrogen and oxygen atoms in total. The van der Waals surface area contributed by atoms with Crippen molar-refractivity contribution >= 4 is 15.9 Å². The molecule has 0 spiro atoms. The molecule has 146 valence electrons. The van der Waals surface area contributed by atoms with E-state index in [0.29, 0.717) is 25.3 Å². The van der Waals surface area contributed by atoms with E-state index >= 15 is 0 Å². The minimum Gasteiger partial charge on any atom is -0.494 e. The molecule has 2 rings (SSSR count). The molecule has 8 heteroatoms. The van der Waals surface area contributed by atoms with Crippen LogP contribution in [0.5, 0.6) is 5.75 Å². The van der Waals surface area contributed by atoms with Gasteiger partial charge in [0.1, 0.15) is 11.6 Å². The van der Waals surface area contributed by atoms with Crippen molar-refractivity contribution in [1.82, 2.24) is 10.0 Å². The van der Waals surface area contributed by atoms with Gasteiger partial charge in [-0.3, -0.25) is 4.79 Å². The number of halogens is 1. The van der Waals surface area contributed by atoms with Gasteiger partial charge in [0.05, 0.1) is 11.5 Å². The quantitative estimate of drug-likeness (QED) is 0.647. The van der Waals surface area contributed by atoms with Crippen LogP contribution in [0.15, 0.2) is 53.4 Å². The summed E-state index contributed by atoms with van der Waals surface area (Å²) in [7, 11) is -3.68. The maximum absolute atomic E-state index is 13.1. The van der Waals surface area contributed by atoms with Crippen molar-refractivity contribution in [3.63, 3.8) is 0 Å². The average molecular weight is 394 g/mol. The SMILES string of the molecule is CCOc1ccc(S(=O)(=O)NCCC(=O)NCCc2cccc(F)c2)cc1. The van der Waals surface area contributed by atoms with Gasteiger partial charge in [0, 0.05) is 19.5 Å². The molecule has 0 fully saturated rings. The van der Waals surface area contributed by atoms with Crippen LogP contribution in [-0.4, -0.2) is 34.0 Å². The van der Waals surface area contributed by atoms with E-state index in [9.17, 15) is 17.6 Å². The molecule has 0 aliphatic heterocycles. The Labute approximate surface area is 158 Å². The van der Waals surface area contributed by atoms with Gasteiger partial charge in [0.2, 0.25) is 15.9 Å². The second-order valence-electron chi connectivity index (χ2n) is 5.78. The normalized spacial score (nSPS) is 11.2. The molecule has 2 aromatic rings. The number of carbonyl (C=O) groups is 1. The lowest BCUT2D eigenvalue weighted by atomic mass is 10.1. The molecule has 0 atom stereocenters. The maximum Gasteiger partial charge on any atom is 0.240 e. The molecule has 0 bridgehead atoms. The lowest BCUT2D eigenvalue weighted by Gasteiger charge is -2.09. The van der Waals surface area contributed by atoms with E-state index in [4.69, 9.17) is 4.74 Å². The molecule has 0 unspecified atom stereocenters. The van der Waals surface area contributed by atoms with Gasteiger partial charge in [0.15, 0.2) is 0 Å². The van der Waals surface area contributed by atoms with E-state index in [-0.39, 0.29) is 29.6 Å². The zero-order valence-electron chi connectivity index (χ0n) is 15.1. The molecule has 0 aromatic heterocycles. The first-order valence-corrected chi connectivity index (χ1v) is 10.1. The standard InChI is InChI=1S/C19H23FN2O4S/c1-2-26-17-6-8-18(9-7-17)27(24,25)22-13-11-19(23)21-12-10-15-4-3-5-16(20)14-15/h3-9,14,22H,2,10-13H2,1H3,(H,21,23). The van der Waals surface area contributed by atoms with E-state index in [0.717, 1.165) is 5.56 Å². The minimum atomic E-state index is -3.68. The van der Waals surface area contributed by atoms with Crippen molar-refractivity contribution in [2.45, 2.75) is 24.7 Å². The summed E-state index contributed by atoms with van der Waals surface area (Å²) in [6.45, 7) is 2.68. The summed E-state index contributed by atoms with van der Waals surface area (Å²) in [4.78, 5) is 11.9. The number of nitrogens with one attached hydrogen (secondary N) is 2. The van der Waals surface area contributed by atoms with Crippen LogP contribution in [0.25, 0.3) is 0 Å². The van der Waals surface area contributed by atoms with Crippen molar-refractivity contribution in [2.75, 3.05) is 19.7 Å². The molecule has 2 aromatic carbocycles. The Kier molecular flexibility index (Phi) is 7.75. The Morgan fingerprint density at radius 3 is 2.52 bits per heavy atom. The molecule has 0 aliphatic carbocycles. The van der Waals surface area contributed by atoms with Crippen molar-refractivity contribution in [3.05, 3.63) is 59.9 Å². The van der Waals surface area contributed by atoms with Crippen LogP contribution in [-0.2, 0) is 21.2 Å². The highest BCUT2D eigenvalue weighted by atomic mass is 32.2. The summed E-state index contributed by atoms with van der Waals surface area (Å²) in [6, 6.07) is 12.2. The Morgan fingerprint density at radius 1 is 1.11 bits per heavy atom. The van der Waals surface area contributed by atoms with Crippen molar-refractivity contribution in [1.29, 1.82) is 0 Å². The number of carbonyl (C=O) groups excluding carboxylic acids is 1. The predicted molar refractivity (Wildman–Crippen MR) is 101 cm³/mol. The van der Waals surface area contributed by atoms with Crippen molar-refractivity contribution in [2.24, 2.45) is 0 Å². The highest BCUT2D eigenvalue weighted by Gasteiger charge is 2.14. The third-order valence-corrected chi connectivity index (χ3v) is 5.19. The fourth-order valence-electron chi connectivity index (χ4n) is 2.39. The molecule has 1 amide bonds. The Bertz CT molecular complexity index is 854. The van der Waals surface area contributed by atoms with Gasteiger partial charge in [-0.1, -0.05) is 12.1 Å². The number of hydrogen-bond donors (Lipinski definition) is 2. The van der Waals surface area contributed by atoms with Gasteiger partial charge in [-0.05, 0) is 55.3 Å². The predicted octanol–water partition coefficient (Wildman–Crippen LogP) is 2.25. The lowest BCUT2D eigenvalue weighted by Crippen LogP contribution is -2.31. The van der Waals surface area contributed by atoms with E-state index in [1.54, 1.807) is 24.3 Å². The average Bonchev–Trinajstić information content (AvgIpc) is 2.62. The van der Waals surface area contributed by atoms with Gasteiger partial charge in [0.25, 0.3) is 0 Å². The van der Waals surface area contributed by atoms with E-state index < -0.39 is 10.0 Å². The first kappa shape index (κ1) is 20.9. The summed E-state index contributed by atoms with van der Waals surface area (Å²) in [6.07, 6.45) is 0.515. The van der Waals surface area contributed by atoms with Crippen LogP contribution in [0.2, 0.25) is 0 Å². The molecule has 0 radical (unpaired) electrons. The minimum absolute atomic E-state index is 0.0126. The zero-order chi connectivity index (χ0) is 19.7. The number of hydrogen-bond acceptors (Lipinski definition) is 4. The number of ether oxygens (including phenoxy) is 1. The summed E-state index contributed by atoms with van der Waals surface area (Å²) in [5, 5.41) is 2.69. The summed E-state index contributed by atoms with van der Waals surface area (Å²) in [5.74, 6) is -0.00237. The first-order chi connectivity index (χ1) is 12.9. The number of rotatable bonds is 10. The number of benzene rings is 2. The molecule has 0 saturated carbocycles. The van der Waals surface area contributed by atoms with Crippen LogP contribution in [0, 0.1) is 5.82 Å². The molecular formula is C19H23FN2O4S. The van der Waals surface area contributed by atoms with Crippen LogP contribution in [0.3, 0.4) is 0 Å². The zero-order valence-corrected chi connectivity index (χ0v) is 15.9. The van der Waals surface area contributed by atoms with Crippen LogP contribution in [0.1, 0.15) is 18.9 Å². The fourth-order valence-corrected chi connectivity index (χ4v) is 3.42. The van der Waals surface area contributed by atoms with E-state index in [1.165, 1.54) is 24.3 Å². The molecule has 0 aliphatic rings. The van der Waals surface area contributed by atoms with Gasteiger partial charge >= 0.3 is 0 Å². The van der Waals surface area contributed by atoms with Crippen LogP contribution >= 0.6 is 0 Å². The summed E-state index contributed by atoms with van der Waals surface area (Å²) >= 11 is 0. The van der Waals surface area contributed by atoms with Gasteiger partial charge < -0.3 is 10.1 Å². The highest BCUT2D eigenvalue weighted by molar-refractivity contribution is 7.89. The smallest absolute Gasteiger partial charge is 0.240 e. The Hall–Kier alpha value is -2.45. The van der Waals surface area contributed by atoms with Crippen molar-refractivity contribution < 1.29 is 22.3 Å². The number of sulfonamides is 1. The van der Waals surface area contributed by atoms with Gasteiger partial charge in [-0.15, -0.1) is 0 Å². The summed E-state index contributed by atoms with van der Waals surface area (Å²) < 4.78 is 45.1. The highest BCUT2D eigenvalue weighted by Crippen LogP contribution is 2.15. The second-order valence-corrected chi connectivity index (χ2v) is 7.55. The molecule has 0 heterocycles. The van der Waals surface area contributed by atoms with E-state index in [1.807, 2.05) is 6.92 Å². The Balaban J connectivity index is 1.73. The summed E-state index contributed by atoms with van der Waals surface area (Å²) in [5.41, 5.74) is 0.784. The van der Waals surface area contributed by atoms with Crippen LogP contribution < -0.4 is 14.8 Å². The maximum atomic E-state index is 13.1. The Morgan fingerprint density at radius 2 is 1.85 bits per heavy atom. The monoisotopic (exact) mass is 394 g/mol. The third kappa shape index (κ3) is 6.99.